The number of benzene rings is 2. The first-order valence-electron chi connectivity index (χ1n) is 9.35. The van der Waals surface area contributed by atoms with E-state index < -0.39 is 0 Å². The molecule has 0 saturated carbocycles. The van der Waals surface area contributed by atoms with Gasteiger partial charge in [-0.15, -0.1) is 0 Å². The molecule has 1 aromatic heterocycles. The number of fused-ring (bicyclic) bond motifs is 1. The highest BCUT2D eigenvalue weighted by molar-refractivity contribution is 6.07. The molecule has 28 heavy (non-hydrogen) atoms. The summed E-state index contributed by atoms with van der Waals surface area (Å²) in [4.78, 5) is 31.2. The SMILES string of the molecule is Cc1cccc(C(=O)Nc2ccc3c(c2)CCCN3C(=O)c2cccnc2)c1. The fourth-order valence-electron chi connectivity index (χ4n) is 3.52. The van der Waals surface area contributed by atoms with Gasteiger partial charge in [0.25, 0.3) is 11.8 Å². The third-order valence-corrected chi connectivity index (χ3v) is 4.89. The third kappa shape index (κ3) is 3.64. The smallest absolute Gasteiger partial charge is 0.259 e. The third-order valence-electron chi connectivity index (χ3n) is 4.89. The van der Waals surface area contributed by atoms with Crippen LogP contribution in [0.5, 0.6) is 0 Å². The Morgan fingerprint density at radius 2 is 1.89 bits per heavy atom. The van der Waals surface area contributed by atoms with Crippen LogP contribution in [-0.4, -0.2) is 23.3 Å². The van der Waals surface area contributed by atoms with E-state index in [1.807, 2.05) is 43.3 Å². The lowest BCUT2D eigenvalue weighted by Crippen LogP contribution is -2.35. The van der Waals surface area contributed by atoms with Crippen LogP contribution in [-0.2, 0) is 6.42 Å². The van der Waals surface area contributed by atoms with Crippen molar-refractivity contribution in [3.05, 3.63) is 89.2 Å². The number of rotatable bonds is 3. The van der Waals surface area contributed by atoms with E-state index in [0.717, 1.165) is 35.3 Å². The van der Waals surface area contributed by atoms with Crippen molar-refractivity contribution in [3.63, 3.8) is 0 Å². The summed E-state index contributed by atoms with van der Waals surface area (Å²) in [5, 5.41) is 2.96. The Morgan fingerprint density at radius 3 is 2.68 bits per heavy atom. The van der Waals surface area contributed by atoms with Crippen LogP contribution in [0.2, 0.25) is 0 Å². The van der Waals surface area contributed by atoms with Gasteiger partial charge in [-0.1, -0.05) is 17.7 Å². The van der Waals surface area contributed by atoms with Crippen molar-refractivity contribution >= 4 is 23.2 Å². The van der Waals surface area contributed by atoms with E-state index in [9.17, 15) is 9.59 Å². The van der Waals surface area contributed by atoms with Gasteiger partial charge in [0.1, 0.15) is 0 Å². The Labute approximate surface area is 164 Å². The molecule has 0 bridgehead atoms. The quantitative estimate of drug-likeness (QED) is 0.749. The van der Waals surface area contributed by atoms with Crippen LogP contribution in [0, 0.1) is 6.92 Å². The topological polar surface area (TPSA) is 62.3 Å². The van der Waals surface area contributed by atoms with Gasteiger partial charge in [-0.3, -0.25) is 14.6 Å². The molecular weight excluding hydrogens is 350 g/mol. The maximum atomic E-state index is 12.9. The molecule has 0 spiro atoms. The maximum Gasteiger partial charge on any atom is 0.259 e. The van der Waals surface area contributed by atoms with Crippen LogP contribution in [0.3, 0.4) is 0 Å². The molecule has 4 rings (SSSR count). The highest BCUT2D eigenvalue weighted by Gasteiger charge is 2.24. The number of aryl methyl sites for hydroxylation is 2. The number of carbonyl (C=O) groups excluding carboxylic acids is 2. The second-order valence-electron chi connectivity index (χ2n) is 6.97. The Bertz CT molecular complexity index is 1030. The van der Waals surface area contributed by atoms with Gasteiger partial charge in [-0.25, -0.2) is 0 Å². The summed E-state index contributed by atoms with van der Waals surface area (Å²) in [5.74, 6) is -0.187. The minimum Gasteiger partial charge on any atom is -0.322 e. The Morgan fingerprint density at radius 1 is 1.04 bits per heavy atom. The summed E-state index contributed by atoms with van der Waals surface area (Å²) in [7, 11) is 0. The molecule has 2 heterocycles. The lowest BCUT2D eigenvalue weighted by atomic mass is 10.00. The standard InChI is InChI=1S/C23H21N3O2/c1-16-5-2-6-18(13-16)22(27)25-20-9-10-21-17(14-20)8-4-12-26(21)23(28)19-7-3-11-24-15-19/h2-3,5-7,9-11,13-15H,4,8,12H2,1H3,(H,25,27). The Hall–Kier alpha value is -3.47. The molecule has 5 nitrogen and oxygen atoms in total. The molecule has 1 aliphatic heterocycles. The van der Waals surface area contributed by atoms with E-state index in [4.69, 9.17) is 0 Å². The fraction of sp³-hybridized carbons (Fsp3) is 0.174. The van der Waals surface area contributed by atoms with E-state index in [1.54, 1.807) is 35.5 Å². The van der Waals surface area contributed by atoms with Crippen LogP contribution in [0.1, 0.15) is 38.3 Å². The molecule has 1 aliphatic rings. The number of nitrogens with one attached hydrogen (secondary N) is 1. The zero-order valence-corrected chi connectivity index (χ0v) is 15.7. The molecule has 5 heteroatoms. The summed E-state index contributed by atoms with van der Waals surface area (Å²) >= 11 is 0. The van der Waals surface area contributed by atoms with Crippen LogP contribution >= 0.6 is 0 Å². The van der Waals surface area contributed by atoms with Crippen molar-refractivity contribution in [1.29, 1.82) is 0 Å². The van der Waals surface area contributed by atoms with Crippen LogP contribution in [0.15, 0.2) is 67.0 Å². The summed E-state index contributed by atoms with van der Waals surface area (Å²) in [6, 6.07) is 16.8. The van der Waals surface area contributed by atoms with Gasteiger partial charge in [-0.05, 0) is 67.8 Å². The Balaban J connectivity index is 1.56. The van der Waals surface area contributed by atoms with Crippen molar-refractivity contribution in [2.75, 3.05) is 16.8 Å². The van der Waals surface area contributed by atoms with E-state index in [2.05, 4.69) is 10.3 Å². The summed E-state index contributed by atoms with van der Waals surface area (Å²) in [6.07, 6.45) is 5.01. The van der Waals surface area contributed by atoms with E-state index in [-0.39, 0.29) is 11.8 Å². The van der Waals surface area contributed by atoms with Gasteiger partial charge < -0.3 is 10.2 Å². The fourth-order valence-corrected chi connectivity index (χ4v) is 3.52. The second-order valence-corrected chi connectivity index (χ2v) is 6.97. The van der Waals surface area contributed by atoms with Crippen molar-refractivity contribution in [3.8, 4) is 0 Å². The average molecular weight is 371 g/mol. The van der Waals surface area contributed by atoms with Gasteiger partial charge in [0.15, 0.2) is 0 Å². The molecule has 0 saturated heterocycles. The number of amides is 2. The van der Waals surface area contributed by atoms with Crippen molar-refractivity contribution in [1.82, 2.24) is 4.98 Å². The van der Waals surface area contributed by atoms with Crippen molar-refractivity contribution < 1.29 is 9.59 Å². The first kappa shape index (κ1) is 17.9. The molecule has 3 aromatic rings. The van der Waals surface area contributed by atoms with Crippen LogP contribution < -0.4 is 10.2 Å². The average Bonchev–Trinajstić information content (AvgIpc) is 2.73. The molecule has 140 valence electrons. The molecule has 1 N–H and O–H groups in total. The zero-order chi connectivity index (χ0) is 19.5. The van der Waals surface area contributed by atoms with E-state index >= 15 is 0 Å². The van der Waals surface area contributed by atoms with Crippen molar-refractivity contribution in [2.24, 2.45) is 0 Å². The van der Waals surface area contributed by atoms with Crippen molar-refractivity contribution in [2.45, 2.75) is 19.8 Å². The summed E-state index contributed by atoms with van der Waals surface area (Å²) in [6.45, 7) is 2.64. The zero-order valence-electron chi connectivity index (χ0n) is 15.7. The molecular formula is C23H21N3O2. The monoisotopic (exact) mass is 371 g/mol. The van der Waals surface area contributed by atoms with E-state index in [0.29, 0.717) is 17.7 Å². The number of hydrogen-bond acceptors (Lipinski definition) is 3. The summed E-state index contributed by atoms with van der Waals surface area (Å²) < 4.78 is 0. The molecule has 0 unspecified atom stereocenters. The van der Waals surface area contributed by atoms with Gasteiger partial charge in [-0.2, -0.15) is 0 Å². The van der Waals surface area contributed by atoms with Crippen LogP contribution in [0.25, 0.3) is 0 Å². The number of nitrogens with zero attached hydrogens (tertiary/aromatic N) is 2. The molecule has 2 aromatic carbocycles. The van der Waals surface area contributed by atoms with Gasteiger partial charge in [0.05, 0.1) is 5.56 Å². The highest BCUT2D eigenvalue weighted by Crippen LogP contribution is 2.31. The molecule has 0 radical (unpaired) electrons. The minimum atomic E-state index is -0.136. The van der Waals surface area contributed by atoms with Crippen LogP contribution in [0.4, 0.5) is 11.4 Å². The number of carbonyl (C=O) groups is 2. The number of hydrogen-bond donors (Lipinski definition) is 1. The van der Waals surface area contributed by atoms with Gasteiger partial charge in [0, 0.05) is 35.9 Å². The van der Waals surface area contributed by atoms with Gasteiger partial charge in [0.2, 0.25) is 0 Å². The summed E-state index contributed by atoms with van der Waals surface area (Å²) in [5.41, 5.74) is 4.95. The largest absolute Gasteiger partial charge is 0.322 e. The molecule has 2 amide bonds. The number of pyridine rings is 1. The minimum absolute atomic E-state index is 0.0504. The highest BCUT2D eigenvalue weighted by atomic mass is 16.2. The molecule has 0 fully saturated rings. The Kier molecular flexibility index (Phi) is 4.89. The predicted molar refractivity (Wildman–Crippen MR) is 110 cm³/mol. The number of anilines is 2. The molecule has 0 aliphatic carbocycles. The lowest BCUT2D eigenvalue weighted by molar-refractivity contribution is 0.0983. The number of aromatic nitrogens is 1. The normalized spacial score (nSPS) is 13.0. The first-order valence-corrected chi connectivity index (χ1v) is 9.35. The maximum absolute atomic E-state index is 12.9. The van der Waals surface area contributed by atoms with E-state index in [1.165, 1.54) is 0 Å². The van der Waals surface area contributed by atoms with Gasteiger partial charge >= 0.3 is 0 Å². The second kappa shape index (κ2) is 7.64. The predicted octanol–water partition coefficient (Wildman–Crippen LogP) is 4.24. The molecule has 0 atom stereocenters. The lowest BCUT2D eigenvalue weighted by Gasteiger charge is -2.30. The first-order chi connectivity index (χ1) is 13.6.